The maximum absolute atomic E-state index is 11.8. The average Bonchev–Trinajstić information content (AvgIpc) is 2.79. The monoisotopic (exact) mass is 328 g/mol. The lowest BCUT2D eigenvalue weighted by atomic mass is 9.76. The molecule has 0 spiro atoms. The number of ether oxygens (including phenoxy) is 1. The van der Waals surface area contributed by atoms with E-state index in [0.717, 1.165) is 24.0 Å². The predicted molar refractivity (Wildman–Crippen MR) is 74.9 cm³/mol. The van der Waals surface area contributed by atoms with Crippen molar-refractivity contribution >= 4 is 21.9 Å². The van der Waals surface area contributed by atoms with Gasteiger partial charge >= 0.3 is 5.97 Å². The summed E-state index contributed by atoms with van der Waals surface area (Å²) in [5.74, 6) is -0.483. The third-order valence-electron chi connectivity index (χ3n) is 3.95. The predicted octanol–water partition coefficient (Wildman–Crippen LogP) is 3.37. The molecule has 1 aromatic carbocycles. The molecule has 1 aromatic rings. The van der Waals surface area contributed by atoms with E-state index < -0.39 is 11.4 Å². The van der Waals surface area contributed by atoms with Crippen molar-refractivity contribution < 1.29 is 19.7 Å². The van der Waals surface area contributed by atoms with Gasteiger partial charge in [-0.2, -0.15) is 0 Å². The molecule has 0 radical (unpaired) electrons. The zero-order chi connectivity index (χ0) is 14.2. The minimum atomic E-state index is -0.871. The maximum atomic E-state index is 11.8. The summed E-state index contributed by atoms with van der Waals surface area (Å²) in [4.78, 5) is 11.8. The molecule has 4 nitrogen and oxygen atoms in total. The first-order valence-electron chi connectivity index (χ1n) is 6.24. The Balaban J connectivity index is 2.70. The average molecular weight is 329 g/mol. The molecule has 2 rings (SSSR count). The highest BCUT2D eigenvalue weighted by molar-refractivity contribution is 9.10. The van der Waals surface area contributed by atoms with E-state index in [-0.39, 0.29) is 5.75 Å². The number of phenols is 1. The number of carboxylic acid groups (broad SMARTS) is 1. The molecular weight excluding hydrogens is 312 g/mol. The second kappa shape index (κ2) is 5.04. The summed E-state index contributed by atoms with van der Waals surface area (Å²) < 4.78 is 5.72. The van der Waals surface area contributed by atoms with Crippen molar-refractivity contribution in [1.29, 1.82) is 0 Å². The smallest absolute Gasteiger partial charge is 0.314 e. The maximum Gasteiger partial charge on any atom is 0.314 e. The van der Waals surface area contributed by atoms with Crippen LogP contribution < -0.4 is 4.74 Å². The molecule has 0 unspecified atom stereocenters. The van der Waals surface area contributed by atoms with Crippen LogP contribution in [0.15, 0.2) is 10.5 Å². The molecule has 0 atom stereocenters. The van der Waals surface area contributed by atoms with Gasteiger partial charge in [0.1, 0.15) is 0 Å². The molecule has 0 bridgehead atoms. The molecule has 2 N–H and O–H groups in total. The van der Waals surface area contributed by atoms with Crippen molar-refractivity contribution in [3.63, 3.8) is 0 Å². The molecule has 0 amide bonds. The van der Waals surface area contributed by atoms with Crippen molar-refractivity contribution in [2.45, 2.75) is 38.0 Å². The lowest BCUT2D eigenvalue weighted by Gasteiger charge is -2.28. The SMILES string of the molecule is COc1c(O)cc(C)c(C2(C(=O)O)CCCC2)c1Br. The van der Waals surface area contributed by atoms with Crippen LogP contribution in [0.5, 0.6) is 11.5 Å². The largest absolute Gasteiger partial charge is 0.504 e. The van der Waals surface area contributed by atoms with Crippen molar-refractivity contribution in [3.8, 4) is 11.5 Å². The van der Waals surface area contributed by atoms with Gasteiger partial charge in [-0.3, -0.25) is 4.79 Å². The van der Waals surface area contributed by atoms with E-state index in [4.69, 9.17) is 4.74 Å². The molecule has 0 aromatic heterocycles. The Bertz CT molecular complexity index is 519. The van der Waals surface area contributed by atoms with Crippen LogP contribution in [0.1, 0.15) is 36.8 Å². The lowest BCUT2D eigenvalue weighted by molar-refractivity contribution is -0.143. The van der Waals surface area contributed by atoms with Gasteiger partial charge in [-0.05, 0) is 52.9 Å². The second-order valence-corrected chi connectivity index (χ2v) is 5.82. The molecule has 0 heterocycles. The van der Waals surface area contributed by atoms with E-state index in [1.165, 1.54) is 7.11 Å². The van der Waals surface area contributed by atoms with Gasteiger partial charge in [0.15, 0.2) is 11.5 Å². The highest BCUT2D eigenvalue weighted by atomic mass is 79.9. The number of hydrogen-bond donors (Lipinski definition) is 2. The van der Waals surface area contributed by atoms with Crippen LogP contribution in [0.4, 0.5) is 0 Å². The second-order valence-electron chi connectivity index (χ2n) is 5.03. The molecule has 5 heteroatoms. The number of halogens is 1. The summed E-state index contributed by atoms with van der Waals surface area (Å²) in [5, 5.41) is 19.5. The molecule has 1 saturated carbocycles. The Hall–Kier alpha value is -1.23. The van der Waals surface area contributed by atoms with Crippen molar-refractivity contribution in [1.82, 2.24) is 0 Å². The van der Waals surface area contributed by atoms with Crippen LogP contribution >= 0.6 is 15.9 Å². The molecule has 0 saturated heterocycles. The third kappa shape index (κ3) is 2.10. The fourth-order valence-corrected chi connectivity index (χ4v) is 4.13. The Morgan fingerprint density at radius 1 is 1.42 bits per heavy atom. The number of phenolic OH excluding ortho intramolecular Hbond substituents is 1. The molecule has 19 heavy (non-hydrogen) atoms. The number of aliphatic carboxylic acids is 1. The topological polar surface area (TPSA) is 66.8 Å². The van der Waals surface area contributed by atoms with E-state index >= 15 is 0 Å². The molecule has 1 aliphatic rings. The minimum absolute atomic E-state index is 0.0224. The fourth-order valence-electron chi connectivity index (χ4n) is 3.07. The third-order valence-corrected chi connectivity index (χ3v) is 4.70. The highest BCUT2D eigenvalue weighted by Crippen LogP contribution is 2.50. The summed E-state index contributed by atoms with van der Waals surface area (Å²) in [7, 11) is 1.46. The van der Waals surface area contributed by atoms with Crippen molar-refractivity contribution in [2.24, 2.45) is 0 Å². The quantitative estimate of drug-likeness (QED) is 0.892. The lowest BCUT2D eigenvalue weighted by Crippen LogP contribution is -2.34. The molecule has 104 valence electrons. The van der Waals surface area contributed by atoms with Gasteiger partial charge in [0.25, 0.3) is 0 Å². The number of benzene rings is 1. The van der Waals surface area contributed by atoms with Gasteiger partial charge in [0.05, 0.1) is 17.0 Å². The molecule has 0 aliphatic heterocycles. The van der Waals surface area contributed by atoms with Gasteiger partial charge in [-0.15, -0.1) is 0 Å². The van der Waals surface area contributed by atoms with Crippen LogP contribution in [0, 0.1) is 6.92 Å². The normalized spacial score (nSPS) is 17.4. The fraction of sp³-hybridized carbons (Fsp3) is 0.500. The molecule has 1 aliphatic carbocycles. The standard InChI is InChI=1S/C14H17BrO4/c1-8-7-9(16)12(19-2)11(15)10(8)14(13(17)18)5-3-4-6-14/h7,16H,3-6H2,1-2H3,(H,17,18). The Kier molecular flexibility index (Phi) is 3.76. The summed E-state index contributed by atoms with van der Waals surface area (Å²) >= 11 is 3.41. The first-order chi connectivity index (χ1) is 8.94. The Morgan fingerprint density at radius 2 is 2.00 bits per heavy atom. The van der Waals surface area contributed by atoms with Gasteiger partial charge in [0, 0.05) is 0 Å². The highest BCUT2D eigenvalue weighted by Gasteiger charge is 2.45. The summed E-state index contributed by atoms with van der Waals surface area (Å²) in [6.45, 7) is 1.82. The summed E-state index contributed by atoms with van der Waals surface area (Å²) in [5.41, 5.74) is 0.630. The zero-order valence-electron chi connectivity index (χ0n) is 11.0. The van der Waals surface area contributed by atoms with E-state index in [0.29, 0.717) is 23.1 Å². The van der Waals surface area contributed by atoms with Gasteiger partial charge < -0.3 is 14.9 Å². The number of carbonyl (C=O) groups is 1. The summed E-state index contributed by atoms with van der Waals surface area (Å²) in [6.07, 6.45) is 3.05. The van der Waals surface area contributed by atoms with Gasteiger partial charge in [-0.1, -0.05) is 12.8 Å². The van der Waals surface area contributed by atoms with Crippen molar-refractivity contribution in [3.05, 3.63) is 21.7 Å². The zero-order valence-corrected chi connectivity index (χ0v) is 12.6. The Morgan fingerprint density at radius 3 is 2.47 bits per heavy atom. The number of hydrogen-bond acceptors (Lipinski definition) is 3. The van der Waals surface area contributed by atoms with Crippen LogP contribution in [0.2, 0.25) is 0 Å². The number of carboxylic acids is 1. The number of aryl methyl sites for hydroxylation is 1. The van der Waals surface area contributed by atoms with E-state index in [1.807, 2.05) is 6.92 Å². The summed E-state index contributed by atoms with van der Waals surface area (Å²) in [6, 6.07) is 1.57. The first kappa shape index (κ1) is 14.2. The first-order valence-corrected chi connectivity index (χ1v) is 7.03. The van der Waals surface area contributed by atoms with E-state index in [1.54, 1.807) is 6.07 Å². The Labute approximate surface area is 120 Å². The van der Waals surface area contributed by atoms with Crippen LogP contribution in [-0.2, 0) is 10.2 Å². The van der Waals surface area contributed by atoms with Crippen LogP contribution in [-0.4, -0.2) is 23.3 Å². The van der Waals surface area contributed by atoms with E-state index in [2.05, 4.69) is 15.9 Å². The van der Waals surface area contributed by atoms with Gasteiger partial charge in [-0.25, -0.2) is 0 Å². The number of aromatic hydroxyl groups is 1. The van der Waals surface area contributed by atoms with Gasteiger partial charge in [0.2, 0.25) is 0 Å². The molecular formula is C14H17BrO4. The van der Waals surface area contributed by atoms with Crippen molar-refractivity contribution in [2.75, 3.05) is 7.11 Å². The number of rotatable bonds is 3. The van der Waals surface area contributed by atoms with Crippen LogP contribution in [0.25, 0.3) is 0 Å². The number of methoxy groups -OCH3 is 1. The van der Waals surface area contributed by atoms with Crippen LogP contribution in [0.3, 0.4) is 0 Å². The minimum Gasteiger partial charge on any atom is -0.504 e. The van der Waals surface area contributed by atoms with E-state index in [9.17, 15) is 15.0 Å². The molecule has 1 fully saturated rings.